The first-order valence-electron chi connectivity index (χ1n) is 6.90. The maximum Gasteiger partial charge on any atom is 0.0931 e. The second-order valence-corrected chi connectivity index (χ2v) is 7.23. The first-order valence-corrected chi connectivity index (χ1v) is 8.97. The molecule has 1 atom stereocenters. The monoisotopic (exact) mass is 345 g/mol. The third-order valence-electron chi connectivity index (χ3n) is 2.95. The van der Waals surface area contributed by atoms with Crippen LogP contribution < -0.4 is 5.32 Å². The van der Waals surface area contributed by atoms with Crippen LogP contribution in [-0.2, 0) is 9.47 Å². The third-order valence-corrected chi connectivity index (χ3v) is 5.19. The minimum Gasteiger partial charge on any atom is -0.382 e. The molecule has 21 heavy (non-hydrogen) atoms. The zero-order valence-corrected chi connectivity index (χ0v) is 14.4. The maximum atomic E-state index is 6.06. The second-order valence-electron chi connectivity index (χ2n) is 4.50. The summed E-state index contributed by atoms with van der Waals surface area (Å²) in [6, 6.07) is 8.52. The van der Waals surface area contributed by atoms with Crippen LogP contribution in [-0.4, -0.2) is 33.5 Å². The van der Waals surface area contributed by atoms with E-state index in [-0.39, 0.29) is 6.04 Å². The summed E-state index contributed by atoms with van der Waals surface area (Å²) >= 11 is 9.45. The highest BCUT2D eigenvalue weighted by molar-refractivity contribution is 7.16. The predicted octanol–water partition coefficient (Wildman–Crippen LogP) is 4.20. The molecule has 2 heterocycles. The van der Waals surface area contributed by atoms with Gasteiger partial charge in [0.05, 0.1) is 23.6 Å². The molecule has 0 amide bonds. The van der Waals surface area contributed by atoms with Crippen LogP contribution in [0.3, 0.4) is 0 Å². The highest BCUT2D eigenvalue weighted by atomic mass is 35.5. The lowest BCUT2D eigenvalue weighted by Gasteiger charge is -2.16. The number of nitrogens with one attached hydrogen (secondary N) is 1. The molecule has 2 rings (SSSR count). The number of thiophene rings is 2. The quantitative estimate of drug-likeness (QED) is 0.655. The molecule has 0 spiro atoms. The SMILES string of the molecule is COCCOCCCNC(c1cccs1)c1ccc(Cl)s1. The van der Waals surface area contributed by atoms with Crippen molar-refractivity contribution in [1.29, 1.82) is 0 Å². The van der Waals surface area contributed by atoms with Crippen molar-refractivity contribution in [1.82, 2.24) is 5.32 Å². The normalized spacial score (nSPS) is 12.7. The number of methoxy groups -OCH3 is 1. The topological polar surface area (TPSA) is 30.5 Å². The van der Waals surface area contributed by atoms with Crippen molar-refractivity contribution in [2.45, 2.75) is 12.5 Å². The standard InChI is InChI=1S/C15H20ClNO2S2/c1-18-9-10-19-8-3-7-17-15(12-4-2-11-20-12)13-5-6-14(16)21-13/h2,4-6,11,15,17H,3,7-10H2,1H3. The number of rotatable bonds is 10. The molecule has 1 unspecified atom stereocenters. The average molecular weight is 346 g/mol. The summed E-state index contributed by atoms with van der Waals surface area (Å²) in [5, 5.41) is 5.70. The fourth-order valence-electron chi connectivity index (χ4n) is 1.95. The Morgan fingerprint density at radius 1 is 1.19 bits per heavy atom. The van der Waals surface area contributed by atoms with Gasteiger partial charge >= 0.3 is 0 Å². The summed E-state index contributed by atoms with van der Waals surface area (Å²) in [6.45, 7) is 2.97. The Balaban J connectivity index is 1.81. The minimum atomic E-state index is 0.224. The Hall–Kier alpha value is -0.430. The van der Waals surface area contributed by atoms with Crippen LogP contribution in [0, 0.1) is 0 Å². The van der Waals surface area contributed by atoms with Crippen molar-refractivity contribution < 1.29 is 9.47 Å². The fourth-order valence-corrected chi connectivity index (χ4v) is 3.99. The molecule has 116 valence electrons. The number of halogens is 1. The number of ether oxygens (including phenoxy) is 2. The van der Waals surface area contributed by atoms with Crippen molar-refractivity contribution >= 4 is 34.3 Å². The van der Waals surface area contributed by atoms with E-state index in [0.717, 1.165) is 23.9 Å². The number of hydrogen-bond acceptors (Lipinski definition) is 5. The van der Waals surface area contributed by atoms with E-state index in [9.17, 15) is 0 Å². The van der Waals surface area contributed by atoms with E-state index in [1.165, 1.54) is 9.75 Å². The van der Waals surface area contributed by atoms with Gasteiger partial charge < -0.3 is 14.8 Å². The first kappa shape index (κ1) is 16.9. The van der Waals surface area contributed by atoms with Gasteiger partial charge in [0.1, 0.15) is 0 Å². The Bertz CT molecular complexity index is 502. The van der Waals surface area contributed by atoms with Gasteiger partial charge in [0.2, 0.25) is 0 Å². The van der Waals surface area contributed by atoms with Crippen LogP contribution in [0.5, 0.6) is 0 Å². The lowest BCUT2D eigenvalue weighted by molar-refractivity contribution is 0.0693. The fraction of sp³-hybridized carbons (Fsp3) is 0.467. The van der Waals surface area contributed by atoms with Gasteiger partial charge in [-0.25, -0.2) is 0 Å². The molecule has 0 aliphatic heterocycles. The van der Waals surface area contributed by atoms with Crippen LogP contribution in [0.25, 0.3) is 0 Å². The molecule has 2 aromatic rings. The molecule has 2 aromatic heterocycles. The van der Waals surface area contributed by atoms with Crippen LogP contribution in [0.4, 0.5) is 0 Å². The summed E-state index contributed by atoms with van der Waals surface area (Å²) in [4.78, 5) is 2.57. The van der Waals surface area contributed by atoms with E-state index in [1.807, 2.05) is 6.07 Å². The lowest BCUT2D eigenvalue weighted by atomic mass is 10.2. The zero-order chi connectivity index (χ0) is 14.9. The van der Waals surface area contributed by atoms with E-state index in [2.05, 4.69) is 28.9 Å². The summed E-state index contributed by atoms with van der Waals surface area (Å²) in [6.07, 6.45) is 0.977. The molecule has 0 aliphatic rings. The summed E-state index contributed by atoms with van der Waals surface area (Å²) in [5.74, 6) is 0. The van der Waals surface area contributed by atoms with Gasteiger partial charge in [0.15, 0.2) is 0 Å². The van der Waals surface area contributed by atoms with Gasteiger partial charge in [0, 0.05) is 23.5 Å². The van der Waals surface area contributed by atoms with Crippen LogP contribution in [0.1, 0.15) is 22.2 Å². The molecular weight excluding hydrogens is 326 g/mol. The molecule has 0 saturated carbocycles. The zero-order valence-electron chi connectivity index (χ0n) is 12.0. The average Bonchev–Trinajstić information content (AvgIpc) is 3.14. The highest BCUT2D eigenvalue weighted by Crippen LogP contribution is 2.32. The predicted molar refractivity (Wildman–Crippen MR) is 90.8 cm³/mol. The smallest absolute Gasteiger partial charge is 0.0931 e. The van der Waals surface area contributed by atoms with Gasteiger partial charge in [-0.15, -0.1) is 22.7 Å². The molecule has 0 radical (unpaired) electrons. The molecule has 3 nitrogen and oxygen atoms in total. The Kier molecular flexibility index (Phi) is 7.71. The largest absolute Gasteiger partial charge is 0.382 e. The minimum absolute atomic E-state index is 0.224. The van der Waals surface area contributed by atoms with Crippen molar-refractivity contribution in [3.8, 4) is 0 Å². The van der Waals surface area contributed by atoms with Crippen molar-refractivity contribution in [2.24, 2.45) is 0 Å². The first-order chi connectivity index (χ1) is 10.3. The lowest BCUT2D eigenvalue weighted by Crippen LogP contribution is -2.23. The van der Waals surface area contributed by atoms with Crippen molar-refractivity contribution in [2.75, 3.05) is 33.5 Å². The molecule has 0 aliphatic carbocycles. The molecule has 0 aromatic carbocycles. The molecule has 0 saturated heterocycles. The second kappa shape index (κ2) is 9.56. The van der Waals surface area contributed by atoms with E-state index in [0.29, 0.717) is 13.2 Å². The van der Waals surface area contributed by atoms with Gasteiger partial charge in [-0.2, -0.15) is 0 Å². The maximum absolute atomic E-state index is 6.06. The van der Waals surface area contributed by atoms with E-state index in [4.69, 9.17) is 21.1 Å². The molecular formula is C15H20ClNO2S2. The van der Waals surface area contributed by atoms with Crippen LogP contribution in [0.15, 0.2) is 29.6 Å². The number of hydrogen-bond donors (Lipinski definition) is 1. The molecule has 6 heteroatoms. The Labute approximate surface area is 138 Å². The van der Waals surface area contributed by atoms with Gasteiger partial charge in [0.25, 0.3) is 0 Å². The van der Waals surface area contributed by atoms with Crippen LogP contribution in [0.2, 0.25) is 4.34 Å². The molecule has 0 fully saturated rings. The van der Waals surface area contributed by atoms with E-state index in [1.54, 1.807) is 29.8 Å². The highest BCUT2D eigenvalue weighted by Gasteiger charge is 2.16. The van der Waals surface area contributed by atoms with Gasteiger partial charge in [-0.3, -0.25) is 0 Å². The Morgan fingerprint density at radius 2 is 2.10 bits per heavy atom. The summed E-state index contributed by atoms with van der Waals surface area (Å²) in [7, 11) is 1.68. The molecule has 1 N–H and O–H groups in total. The van der Waals surface area contributed by atoms with Crippen molar-refractivity contribution in [3.63, 3.8) is 0 Å². The third kappa shape index (κ3) is 5.70. The van der Waals surface area contributed by atoms with Gasteiger partial charge in [-0.05, 0) is 36.5 Å². The van der Waals surface area contributed by atoms with E-state index >= 15 is 0 Å². The van der Waals surface area contributed by atoms with Crippen LogP contribution >= 0.6 is 34.3 Å². The van der Waals surface area contributed by atoms with Crippen molar-refractivity contribution in [3.05, 3.63) is 43.7 Å². The summed E-state index contributed by atoms with van der Waals surface area (Å²) < 4.78 is 11.3. The molecule has 0 bridgehead atoms. The summed E-state index contributed by atoms with van der Waals surface area (Å²) in [5.41, 5.74) is 0. The Morgan fingerprint density at radius 3 is 2.76 bits per heavy atom. The van der Waals surface area contributed by atoms with E-state index < -0.39 is 0 Å². The van der Waals surface area contributed by atoms with Gasteiger partial charge in [-0.1, -0.05) is 17.7 Å².